The van der Waals surface area contributed by atoms with Crippen LogP contribution in [0.4, 0.5) is 0 Å². The second-order valence-corrected chi connectivity index (χ2v) is 22.0. The Morgan fingerprint density at radius 1 is 0.380 bits per heavy atom. The molecule has 9 nitrogen and oxygen atoms in total. The van der Waals surface area contributed by atoms with Gasteiger partial charge in [-0.15, -0.1) is 0 Å². The molecular formula is C70H118NO8+. The number of likely N-dealkylation sites (N-methyl/N-ethyl adjacent to an activating group) is 1. The Morgan fingerprint density at radius 2 is 0.684 bits per heavy atom. The van der Waals surface area contributed by atoms with Crippen molar-refractivity contribution in [3.8, 4) is 0 Å². The predicted octanol–water partition coefficient (Wildman–Crippen LogP) is 19.2. The van der Waals surface area contributed by atoms with Crippen molar-refractivity contribution in [2.75, 3.05) is 47.5 Å². The minimum Gasteiger partial charge on any atom is -0.477 e. The molecule has 450 valence electrons. The van der Waals surface area contributed by atoms with Crippen LogP contribution in [0.15, 0.2) is 122 Å². The minimum atomic E-state index is -1.52. The summed E-state index contributed by atoms with van der Waals surface area (Å²) in [6.07, 6.45) is 81.5. The lowest BCUT2D eigenvalue weighted by Gasteiger charge is -2.25. The number of carbonyl (C=O) groups excluding carboxylic acids is 2. The number of quaternary nitrogens is 1. The van der Waals surface area contributed by atoms with E-state index < -0.39 is 24.3 Å². The summed E-state index contributed by atoms with van der Waals surface area (Å²) in [5, 5.41) is 9.72. The quantitative estimate of drug-likeness (QED) is 0.0211. The molecule has 1 N–H and O–H groups in total. The van der Waals surface area contributed by atoms with Crippen LogP contribution in [0.5, 0.6) is 0 Å². The molecule has 0 fully saturated rings. The van der Waals surface area contributed by atoms with Crippen molar-refractivity contribution in [1.82, 2.24) is 0 Å². The van der Waals surface area contributed by atoms with E-state index in [0.717, 1.165) is 116 Å². The van der Waals surface area contributed by atoms with Gasteiger partial charge in [-0.3, -0.25) is 9.59 Å². The molecule has 0 aromatic heterocycles. The number of nitrogens with zero attached hydrogens (tertiary/aromatic N) is 1. The number of hydrogen-bond acceptors (Lipinski definition) is 7. The molecule has 79 heavy (non-hydrogen) atoms. The summed E-state index contributed by atoms with van der Waals surface area (Å²) in [7, 11) is 5.96. The summed E-state index contributed by atoms with van der Waals surface area (Å²) in [5.74, 6) is -2.03. The molecule has 0 heterocycles. The largest absolute Gasteiger partial charge is 0.477 e. The van der Waals surface area contributed by atoms with Crippen molar-refractivity contribution in [3.05, 3.63) is 122 Å². The fourth-order valence-corrected chi connectivity index (χ4v) is 8.42. The molecule has 0 rings (SSSR count). The zero-order chi connectivity index (χ0) is 57.6. The summed E-state index contributed by atoms with van der Waals surface area (Å²) < 4.78 is 22.9. The SMILES string of the molecule is CC/C=C\C/C=C\C/C=C\C/C=C\C/C=C\C/C=C\CCCCCCCCCCCCCCCCCCC(=O)OC(COC(=O)CCCCCCCC/C=C\C/C=C\C/C=C\C/C=C\CC)COC(OCC[N+](C)(C)C)C(=O)O. The lowest BCUT2D eigenvalue weighted by Crippen LogP contribution is -2.40. The molecule has 2 atom stereocenters. The normalized spacial score (nSPS) is 13.6. The molecule has 0 aliphatic carbocycles. The van der Waals surface area contributed by atoms with Gasteiger partial charge >= 0.3 is 17.9 Å². The first-order chi connectivity index (χ1) is 38.6. The average Bonchev–Trinajstić information content (AvgIpc) is 3.42. The summed E-state index contributed by atoms with van der Waals surface area (Å²) in [6, 6.07) is 0. The van der Waals surface area contributed by atoms with E-state index in [4.69, 9.17) is 18.9 Å². The molecule has 9 heteroatoms. The van der Waals surface area contributed by atoms with E-state index in [1.807, 2.05) is 21.1 Å². The zero-order valence-corrected chi connectivity index (χ0v) is 51.2. The molecule has 0 aromatic rings. The van der Waals surface area contributed by atoms with Gasteiger partial charge in [0.15, 0.2) is 6.10 Å². The Hall–Kier alpha value is -4.31. The van der Waals surface area contributed by atoms with Crippen LogP contribution >= 0.6 is 0 Å². The van der Waals surface area contributed by atoms with Crippen LogP contribution in [0, 0.1) is 0 Å². The molecule has 0 aliphatic rings. The number of carbonyl (C=O) groups is 3. The third kappa shape index (κ3) is 61.2. The van der Waals surface area contributed by atoms with Crippen molar-refractivity contribution in [1.29, 1.82) is 0 Å². The van der Waals surface area contributed by atoms with Gasteiger partial charge in [0.25, 0.3) is 6.29 Å². The van der Waals surface area contributed by atoms with Crippen LogP contribution in [0.25, 0.3) is 0 Å². The maximum atomic E-state index is 12.9. The fraction of sp³-hybridized carbons (Fsp3) is 0.671. The minimum absolute atomic E-state index is 0.180. The molecule has 2 unspecified atom stereocenters. The van der Waals surface area contributed by atoms with Crippen LogP contribution in [-0.2, 0) is 33.3 Å². The van der Waals surface area contributed by atoms with E-state index in [9.17, 15) is 19.5 Å². The Labute approximate surface area is 485 Å². The number of aliphatic carboxylic acids is 1. The third-order valence-electron chi connectivity index (χ3n) is 13.2. The highest BCUT2D eigenvalue weighted by molar-refractivity contribution is 5.71. The first kappa shape index (κ1) is 74.7. The molecule has 0 bridgehead atoms. The van der Waals surface area contributed by atoms with Gasteiger partial charge in [-0.1, -0.05) is 251 Å². The summed E-state index contributed by atoms with van der Waals surface area (Å²) >= 11 is 0. The molecular weight excluding hydrogens is 983 g/mol. The summed E-state index contributed by atoms with van der Waals surface area (Å²) in [6.45, 7) is 4.63. The monoisotopic (exact) mass is 1100 g/mol. The zero-order valence-electron chi connectivity index (χ0n) is 51.2. The van der Waals surface area contributed by atoms with Crippen molar-refractivity contribution < 1.29 is 42.9 Å². The van der Waals surface area contributed by atoms with Crippen molar-refractivity contribution in [3.63, 3.8) is 0 Å². The van der Waals surface area contributed by atoms with Gasteiger partial charge in [-0.05, 0) is 103 Å². The van der Waals surface area contributed by atoms with Crippen LogP contribution in [-0.4, -0.2) is 87.4 Å². The van der Waals surface area contributed by atoms with Crippen molar-refractivity contribution in [2.45, 2.75) is 257 Å². The topological polar surface area (TPSA) is 108 Å². The van der Waals surface area contributed by atoms with Gasteiger partial charge in [0.2, 0.25) is 0 Å². The molecule has 0 radical (unpaired) electrons. The number of rotatable bonds is 57. The first-order valence-corrected chi connectivity index (χ1v) is 31.7. The predicted molar refractivity (Wildman–Crippen MR) is 336 cm³/mol. The standard InChI is InChI=1S/C70H117NO8/c1-6-8-10-12-14-16-18-20-22-24-26-27-28-29-30-31-32-33-34-35-36-37-38-39-40-41-43-45-47-49-51-53-55-57-59-61-68(73)79-66(65-78-70(69(74)75)76-63-62-71(3,4)5)64-77-67(72)60-58-56-54-52-50-48-46-44-42-25-23-21-19-17-15-13-11-9-7-2/h8-11,14-17,20-23,26-27,29-30,32-33,42,44,66,70H,6-7,12-13,18-19,24-25,28,31,34-41,43,45-65H2,1-5H3/p+1/b10-8-,11-9-,16-14-,17-15-,22-20-,23-21-,27-26-,30-29-,33-32-,44-42-. The number of carboxylic acid groups (broad SMARTS) is 1. The van der Waals surface area contributed by atoms with Gasteiger partial charge in [0.05, 0.1) is 34.4 Å². The molecule has 0 aliphatic heterocycles. The number of esters is 2. The van der Waals surface area contributed by atoms with Crippen LogP contribution in [0.3, 0.4) is 0 Å². The number of allylic oxidation sites excluding steroid dienone is 20. The molecule has 0 saturated heterocycles. The molecule has 0 aromatic carbocycles. The molecule has 0 amide bonds. The van der Waals surface area contributed by atoms with E-state index in [0.29, 0.717) is 17.4 Å². The Kier molecular flexibility index (Phi) is 56.5. The lowest BCUT2D eigenvalue weighted by atomic mass is 10.0. The highest BCUT2D eigenvalue weighted by Gasteiger charge is 2.25. The van der Waals surface area contributed by atoms with E-state index >= 15 is 0 Å². The van der Waals surface area contributed by atoms with E-state index in [1.54, 1.807) is 0 Å². The van der Waals surface area contributed by atoms with Gasteiger partial charge in [-0.2, -0.15) is 0 Å². The van der Waals surface area contributed by atoms with Crippen LogP contribution in [0.1, 0.15) is 245 Å². The number of hydrogen-bond donors (Lipinski definition) is 1. The molecule has 0 saturated carbocycles. The van der Waals surface area contributed by atoms with Gasteiger partial charge in [0.1, 0.15) is 13.2 Å². The second-order valence-electron chi connectivity index (χ2n) is 22.0. The van der Waals surface area contributed by atoms with E-state index in [1.165, 1.54) is 96.3 Å². The molecule has 0 spiro atoms. The van der Waals surface area contributed by atoms with Crippen molar-refractivity contribution >= 4 is 17.9 Å². The second kappa shape index (κ2) is 59.8. The summed E-state index contributed by atoms with van der Waals surface area (Å²) in [5.41, 5.74) is 0. The van der Waals surface area contributed by atoms with Crippen LogP contribution < -0.4 is 0 Å². The fourth-order valence-electron chi connectivity index (χ4n) is 8.42. The lowest BCUT2D eigenvalue weighted by molar-refractivity contribution is -0.870. The first-order valence-electron chi connectivity index (χ1n) is 31.7. The summed E-state index contributed by atoms with van der Waals surface area (Å²) in [4.78, 5) is 37.5. The highest BCUT2D eigenvalue weighted by atomic mass is 16.7. The smallest absolute Gasteiger partial charge is 0.361 e. The Balaban J connectivity index is 4.15. The van der Waals surface area contributed by atoms with Gasteiger partial charge in [-0.25, -0.2) is 4.79 Å². The van der Waals surface area contributed by atoms with Crippen molar-refractivity contribution in [2.24, 2.45) is 0 Å². The average molecular weight is 1100 g/mol. The van der Waals surface area contributed by atoms with E-state index in [2.05, 4.69) is 135 Å². The maximum Gasteiger partial charge on any atom is 0.361 e. The van der Waals surface area contributed by atoms with Gasteiger partial charge in [0, 0.05) is 12.8 Å². The van der Waals surface area contributed by atoms with Crippen LogP contribution in [0.2, 0.25) is 0 Å². The van der Waals surface area contributed by atoms with Gasteiger partial charge < -0.3 is 28.5 Å². The highest BCUT2D eigenvalue weighted by Crippen LogP contribution is 2.16. The number of carboxylic acids is 1. The Morgan fingerprint density at radius 3 is 1.01 bits per heavy atom. The van der Waals surface area contributed by atoms with E-state index in [-0.39, 0.29) is 38.6 Å². The third-order valence-corrected chi connectivity index (χ3v) is 13.2. The number of unbranched alkanes of at least 4 members (excludes halogenated alkanes) is 22. The maximum absolute atomic E-state index is 12.9. The Bertz CT molecular complexity index is 1710. The number of ether oxygens (including phenoxy) is 4.